The van der Waals surface area contributed by atoms with E-state index in [4.69, 9.17) is 16.3 Å². The molecule has 1 rings (SSSR count). The summed E-state index contributed by atoms with van der Waals surface area (Å²) in [6.07, 6.45) is 1.79. The van der Waals surface area contributed by atoms with E-state index in [1.165, 1.54) is 12.7 Å². The van der Waals surface area contributed by atoms with Gasteiger partial charge in [-0.15, -0.1) is 11.6 Å². The van der Waals surface area contributed by atoms with Crippen molar-refractivity contribution in [1.29, 1.82) is 0 Å². The summed E-state index contributed by atoms with van der Waals surface area (Å²) < 4.78 is 4.69. The van der Waals surface area contributed by atoms with Crippen LogP contribution >= 0.6 is 27.5 Å². The van der Waals surface area contributed by atoms with Gasteiger partial charge in [-0.2, -0.15) is 0 Å². The fourth-order valence-electron chi connectivity index (χ4n) is 1.49. The third-order valence-corrected chi connectivity index (χ3v) is 3.22. The summed E-state index contributed by atoms with van der Waals surface area (Å²) in [6, 6.07) is 5.62. The van der Waals surface area contributed by atoms with Gasteiger partial charge >= 0.3 is 5.97 Å². The van der Waals surface area contributed by atoms with Crippen LogP contribution in [0.1, 0.15) is 27.9 Å². The lowest BCUT2D eigenvalue weighted by Crippen LogP contribution is -2.03. The zero-order valence-electron chi connectivity index (χ0n) is 9.13. The smallest absolute Gasteiger partial charge is 0.337 e. The van der Waals surface area contributed by atoms with Gasteiger partial charge in [0.05, 0.1) is 12.7 Å². The van der Waals surface area contributed by atoms with Gasteiger partial charge in [0.1, 0.15) is 0 Å². The number of ether oxygens (including phenoxy) is 1. The van der Waals surface area contributed by atoms with Crippen LogP contribution in [0.15, 0.2) is 18.2 Å². The molecule has 0 fully saturated rings. The first-order valence-corrected chi connectivity index (χ1v) is 6.70. The molecule has 0 aliphatic carbocycles. The first-order valence-electron chi connectivity index (χ1n) is 5.05. The van der Waals surface area contributed by atoms with Crippen LogP contribution in [0, 0.1) is 0 Å². The predicted octanol–water partition coefficient (Wildman–Crippen LogP) is 3.54. The van der Waals surface area contributed by atoms with E-state index in [0.29, 0.717) is 11.4 Å². The Morgan fingerprint density at radius 3 is 2.75 bits per heavy atom. The molecule has 0 bridgehead atoms. The van der Waals surface area contributed by atoms with Gasteiger partial charge in [-0.05, 0) is 36.1 Å². The summed E-state index contributed by atoms with van der Waals surface area (Å²) in [6.45, 7) is 0. The summed E-state index contributed by atoms with van der Waals surface area (Å²) in [5.74, 6) is 0.331. The monoisotopic (exact) mass is 304 g/mol. The molecule has 0 heterocycles. The van der Waals surface area contributed by atoms with Crippen LogP contribution in [0.4, 0.5) is 0 Å². The molecule has 0 aromatic heterocycles. The molecule has 4 heteroatoms. The van der Waals surface area contributed by atoms with E-state index in [-0.39, 0.29) is 5.97 Å². The fraction of sp³-hybridized carbons (Fsp3) is 0.417. The molecular formula is C12H14BrClO2. The van der Waals surface area contributed by atoms with E-state index in [1.807, 2.05) is 12.1 Å². The summed E-state index contributed by atoms with van der Waals surface area (Å²) in [7, 11) is 1.39. The van der Waals surface area contributed by atoms with Gasteiger partial charge in [-0.3, -0.25) is 0 Å². The van der Waals surface area contributed by atoms with Crippen LogP contribution in [-0.4, -0.2) is 19.0 Å². The number of aryl methyl sites for hydroxylation is 1. The van der Waals surface area contributed by atoms with E-state index < -0.39 is 0 Å². The second kappa shape index (κ2) is 6.92. The molecule has 88 valence electrons. The SMILES string of the molecule is COC(=O)c1ccc(CBr)c(CCCCl)c1. The molecule has 0 aliphatic rings. The van der Waals surface area contributed by atoms with Gasteiger partial charge in [0.25, 0.3) is 0 Å². The quantitative estimate of drug-likeness (QED) is 0.614. The number of hydrogen-bond donors (Lipinski definition) is 0. The van der Waals surface area contributed by atoms with Crippen molar-refractivity contribution in [1.82, 2.24) is 0 Å². The molecule has 0 spiro atoms. The predicted molar refractivity (Wildman–Crippen MR) is 69.5 cm³/mol. The Balaban J connectivity index is 2.96. The van der Waals surface area contributed by atoms with E-state index in [0.717, 1.165) is 23.7 Å². The number of methoxy groups -OCH3 is 1. The lowest BCUT2D eigenvalue weighted by atomic mass is 10.0. The number of esters is 1. The number of carbonyl (C=O) groups is 1. The maximum Gasteiger partial charge on any atom is 0.337 e. The topological polar surface area (TPSA) is 26.3 Å². The Hall–Kier alpha value is -0.540. The third-order valence-electron chi connectivity index (χ3n) is 2.35. The molecule has 0 aliphatic heterocycles. The molecule has 1 aromatic carbocycles. The Kier molecular flexibility index (Phi) is 5.85. The fourth-order valence-corrected chi connectivity index (χ4v) is 2.17. The van der Waals surface area contributed by atoms with E-state index in [9.17, 15) is 4.79 Å². The highest BCUT2D eigenvalue weighted by Crippen LogP contribution is 2.17. The van der Waals surface area contributed by atoms with Gasteiger partial charge in [0.2, 0.25) is 0 Å². The summed E-state index contributed by atoms with van der Waals surface area (Å²) >= 11 is 9.10. The zero-order valence-corrected chi connectivity index (χ0v) is 11.5. The minimum absolute atomic E-state index is 0.298. The van der Waals surface area contributed by atoms with E-state index in [1.54, 1.807) is 6.07 Å². The number of hydrogen-bond acceptors (Lipinski definition) is 2. The molecule has 0 saturated heterocycles. The van der Waals surface area contributed by atoms with Gasteiger partial charge in [0.15, 0.2) is 0 Å². The van der Waals surface area contributed by atoms with Crippen molar-refractivity contribution in [3.05, 3.63) is 34.9 Å². The second-order valence-corrected chi connectivity index (χ2v) is 4.34. The van der Waals surface area contributed by atoms with Crippen molar-refractivity contribution >= 4 is 33.5 Å². The minimum atomic E-state index is -0.298. The van der Waals surface area contributed by atoms with Gasteiger partial charge in [0, 0.05) is 11.2 Å². The highest BCUT2D eigenvalue weighted by molar-refractivity contribution is 9.08. The zero-order chi connectivity index (χ0) is 12.0. The van der Waals surface area contributed by atoms with Crippen molar-refractivity contribution < 1.29 is 9.53 Å². The molecule has 0 N–H and O–H groups in total. The summed E-state index contributed by atoms with van der Waals surface area (Å²) in [4.78, 5) is 11.4. The standard InChI is InChI=1S/C12H14BrClO2/c1-16-12(15)10-4-5-11(8-13)9(7-10)3-2-6-14/h4-5,7H,2-3,6,8H2,1H3. The molecule has 0 unspecified atom stereocenters. The lowest BCUT2D eigenvalue weighted by molar-refractivity contribution is 0.0600. The van der Waals surface area contributed by atoms with Crippen LogP contribution < -0.4 is 0 Å². The Morgan fingerprint density at radius 2 is 2.19 bits per heavy atom. The highest BCUT2D eigenvalue weighted by Gasteiger charge is 2.08. The summed E-state index contributed by atoms with van der Waals surface area (Å²) in [5.41, 5.74) is 2.94. The lowest BCUT2D eigenvalue weighted by Gasteiger charge is -2.08. The molecule has 0 radical (unpaired) electrons. The van der Waals surface area contributed by atoms with Crippen molar-refractivity contribution in [3.8, 4) is 0 Å². The van der Waals surface area contributed by atoms with Crippen molar-refractivity contribution in [2.45, 2.75) is 18.2 Å². The number of halogens is 2. The number of carbonyl (C=O) groups excluding carboxylic acids is 1. The second-order valence-electron chi connectivity index (χ2n) is 3.40. The maximum absolute atomic E-state index is 11.4. The Labute approximate surface area is 109 Å². The third kappa shape index (κ3) is 3.49. The average Bonchev–Trinajstić information content (AvgIpc) is 2.34. The molecular weight excluding hydrogens is 291 g/mol. The van der Waals surface area contributed by atoms with Crippen molar-refractivity contribution in [2.75, 3.05) is 13.0 Å². The van der Waals surface area contributed by atoms with Crippen LogP contribution in [0.3, 0.4) is 0 Å². The average molecular weight is 306 g/mol. The molecule has 1 aromatic rings. The Morgan fingerprint density at radius 1 is 1.44 bits per heavy atom. The number of rotatable bonds is 5. The van der Waals surface area contributed by atoms with Crippen molar-refractivity contribution in [3.63, 3.8) is 0 Å². The highest BCUT2D eigenvalue weighted by atomic mass is 79.9. The van der Waals surface area contributed by atoms with E-state index >= 15 is 0 Å². The number of benzene rings is 1. The Bertz CT molecular complexity index is 366. The van der Waals surface area contributed by atoms with E-state index in [2.05, 4.69) is 15.9 Å². The molecule has 0 atom stereocenters. The maximum atomic E-state index is 11.4. The molecule has 2 nitrogen and oxygen atoms in total. The van der Waals surface area contributed by atoms with Crippen LogP contribution in [-0.2, 0) is 16.5 Å². The normalized spacial score (nSPS) is 10.2. The summed E-state index contributed by atoms with van der Waals surface area (Å²) in [5, 5.41) is 0.784. The van der Waals surface area contributed by atoms with Crippen molar-refractivity contribution in [2.24, 2.45) is 0 Å². The first-order chi connectivity index (χ1) is 7.72. The van der Waals surface area contributed by atoms with Gasteiger partial charge < -0.3 is 4.74 Å². The van der Waals surface area contributed by atoms with Crippen LogP contribution in [0.2, 0.25) is 0 Å². The number of alkyl halides is 2. The van der Waals surface area contributed by atoms with Gasteiger partial charge in [-0.25, -0.2) is 4.79 Å². The minimum Gasteiger partial charge on any atom is -0.465 e. The molecule has 16 heavy (non-hydrogen) atoms. The van der Waals surface area contributed by atoms with Gasteiger partial charge in [-0.1, -0.05) is 22.0 Å². The molecule has 0 saturated carbocycles. The first kappa shape index (κ1) is 13.5. The van der Waals surface area contributed by atoms with Crippen LogP contribution in [0.25, 0.3) is 0 Å². The molecule has 0 amide bonds. The van der Waals surface area contributed by atoms with Crippen LogP contribution in [0.5, 0.6) is 0 Å². The largest absolute Gasteiger partial charge is 0.465 e.